The maximum absolute atomic E-state index is 12.6. The van der Waals surface area contributed by atoms with Crippen LogP contribution < -0.4 is 14.5 Å². The lowest BCUT2D eigenvalue weighted by Gasteiger charge is -2.34. The van der Waals surface area contributed by atoms with Gasteiger partial charge in [0.1, 0.15) is 11.5 Å². The van der Waals surface area contributed by atoms with E-state index in [1.807, 2.05) is 38.1 Å². The van der Waals surface area contributed by atoms with Crippen molar-refractivity contribution in [2.75, 3.05) is 36.0 Å². The number of fused-ring (bicyclic) bond motifs is 2. The third kappa shape index (κ3) is 5.43. The van der Waals surface area contributed by atoms with Crippen molar-refractivity contribution in [3.8, 4) is 11.5 Å². The van der Waals surface area contributed by atoms with Crippen LogP contribution in [0.15, 0.2) is 52.3 Å². The third-order valence-electron chi connectivity index (χ3n) is 7.58. The molecule has 9 nitrogen and oxygen atoms in total. The fourth-order valence-electron chi connectivity index (χ4n) is 5.60. The van der Waals surface area contributed by atoms with Crippen LogP contribution in [-0.4, -0.2) is 52.1 Å². The number of anilines is 2. The van der Waals surface area contributed by atoms with E-state index in [4.69, 9.17) is 4.74 Å². The van der Waals surface area contributed by atoms with Crippen LogP contribution in [0.5, 0.6) is 11.5 Å². The Morgan fingerprint density at radius 1 is 0.675 bits per heavy atom. The highest BCUT2D eigenvalue weighted by atomic mass is 32.2. The zero-order valence-corrected chi connectivity index (χ0v) is 25.2. The summed E-state index contributed by atoms with van der Waals surface area (Å²) in [5.74, 6) is 0.374. The normalized spacial score (nSPS) is 13.4. The van der Waals surface area contributed by atoms with Crippen molar-refractivity contribution in [1.82, 2.24) is 0 Å². The average Bonchev–Trinajstić information content (AvgIpc) is 2.88. The molecule has 0 unspecified atom stereocenters. The highest BCUT2D eigenvalue weighted by Crippen LogP contribution is 2.52. The molecule has 0 aliphatic carbocycles. The van der Waals surface area contributed by atoms with Crippen molar-refractivity contribution < 1.29 is 30.7 Å². The smallest absolute Gasteiger partial charge is 0.294 e. The molecule has 40 heavy (non-hydrogen) atoms. The lowest BCUT2D eigenvalue weighted by Crippen LogP contribution is -2.24. The van der Waals surface area contributed by atoms with Gasteiger partial charge >= 0.3 is 0 Å². The quantitative estimate of drug-likeness (QED) is 0.234. The van der Waals surface area contributed by atoms with E-state index in [0.29, 0.717) is 22.6 Å². The molecule has 0 radical (unpaired) electrons. The molecule has 11 heteroatoms. The molecule has 216 valence electrons. The summed E-state index contributed by atoms with van der Waals surface area (Å²) in [6.07, 6.45) is 0. The van der Waals surface area contributed by atoms with Crippen LogP contribution in [0.2, 0.25) is 0 Å². The molecule has 0 atom stereocenters. The molecular weight excluding hydrogens is 552 g/mol. The number of rotatable bonds is 9. The van der Waals surface area contributed by atoms with Gasteiger partial charge in [-0.05, 0) is 82.5 Å². The minimum atomic E-state index is -4.88. The van der Waals surface area contributed by atoms with Gasteiger partial charge in [0.2, 0.25) is 0 Å². The Balaban J connectivity index is 2.08. The lowest BCUT2D eigenvalue weighted by atomic mass is 9.81. The minimum absolute atomic E-state index is 0.172. The summed E-state index contributed by atoms with van der Waals surface area (Å²) in [5, 5.41) is 0. The maximum atomic E-state index is 12.6. The van der Waals surface area contributed by atoms with Gasteiger partial charge in [-0.2, -0.15) is 16.8 Å². The predicted molar refractivity (Wildman–Crippen MR) is 157 cm³/mol. The van der Waals surface area contributed by atoms with E-state index in [1.54, 1.807) is 0 Å². The first-order chi connectivity index (χ1) is 18.7. The Bertz CT molecular complexity index is 1590. The van der Waals surface area contributed by atoms with Gasteiger partial charge in [0.05, 0.1) is 9.79 Å². The Morgan fingerprint density at radius 3 is 1.50 bits per heavy atom. The SMILES string of the molecule is CCN(CC)c1cc2c(cc1C)C(c1ccc(S(=O)(=O)O)cc1S(=O)(=O)O)c1cc(C)c(N(CC)CC)cc1O2. The molecule has 0 bridgehead atoms. The molecule has 0 saturated carbocycles. The summed E-state index contributed by atoms with van der Waals surface area (Å²) in [6.45, 7) is 15.3. The van der Waals surface area contributed by atoms with Crippen LogP contribution in [0.3, 0.4) is 0 Å². The molecule has 0 fully saturated rings. The van der Waals surface area contributed by atoms with Gasteiger partial charge in [0, 0.05) is 66.7 Å². The summed E-state index contributed by atoms with van der Waals surface area (Å²) < 4.78 is 75.2. The molecular formula is C29H36N2O7S2. The van der Waals surface area contributed by atoms with Gasteiger partial charge in [0.25, 0.3) is 20.2 Å². The summed E-state index contributed by atoms with van der Waals surface area (Å²) in [6, 6.07) is 11.1. The number of ether oxygens (including phenoxy) is 1. The number of hydrogen-bond acceptors (Lipinski definition) is 7. The highest BCUT2D eigenvalue weighted by molar-refractivity contribution is 7.86. The Kier molecular flexibility index (Phi) is 8.24. The van der Waals surface area contributed by atoms with Crippen molar-refractivity contribution in [2.24, 2.45) is 0 Å². The second-order valence-electron chi connectivity index (χ2n) is 9.88. The first kappa shape index (κ1) is 29.9. The summed E-state index contributed by atoms with van der Waals surface area (Å²) in [4.78, 5) is 3.18. The number of aryl methyl sites for hydroxylation is 2. The molecule has 0 aromatic heterocycles. The van der Waals surface area contributed by atoms with E-state index >= 15 is 0 Å². The van der Waals surface area contributed by atoms with E-state index < -0.39 is 35.9 Å². The lowest BCUT2D eigenvalue weighted by molar-refractivity contribution is 0.450. The molecule has 0 spiro atoms. The summed E-state index contributed by atoms with van der Waals surface area (Å²) in [5.41, 5.74) is 5.42. The highest BCUT2D eigenvalue weighted by Gasteiger charge is 2.35. The van der Waals surface area contributed by atoms with E-state index in [1.165, 1.54) is 6.07 Å². The molecule has 3 aromatic rings. The number of benzene rings is 3. The fraction of sp³-hybridized carbons (Fsp3) is 0.379. The fourth-order valence-corrected chi connectivity index (χ4v) is 6.94. The second-order valence-corrected chi connectivity index (χ2v) is 12.7. The Labute approximate surface area is 236 Å². The molecule has 3 aromatic carbocycles. The van der Waals surface area contributed by atoms with Crippen molar-refractivity contribution in [1.29, 1.82) is 0 Å². The van der Waals surface area contributed by atoms with Crippen LogP contribution in [0.4, 0.5) is 11.4 Å². The molecule has 1 aliphatic heterocycles. The average molecular weight is 589 g/mol. The third-order valence-corrected chi connectivity index (χ3v) is 9.34. The van der Waals surface area contributed by atoms with Crippen LogP contribution in [-0.2, 0) is 20.2 Å². The molecule has 1 heterocycles. The van der Waals surface area contributed by atoms with E-state index in [2.05, 4.69) is 37.5 Å². The predicted octanol–water partition coefficient (Wildman–Crippen LogP) is 5.78. The van der Waals surface area contributed by atoms with Gasteiger partial charge < -0.3 is 14.5 Å². The van der Waals surface area contributed by atoms with Gasteiger partial charge in [-0.25, -0.2) is 0 Å². The summed E-state index contributed by atoms with van der Waals surface area (Å²) >= 11 is 0. The second kappa shape index (κ2) is 11.0. The molecule has 0 amide bonds. The maximum Gasteiger partial charge on any atom is 0.294 e. The van der Waals surface area contributed by atoms with E-state index in [0.717, 1.165) is 60.8 Å². The molecule has 0 saturated heterocycles. The van der Waals surface area contributed by atoms with Gasteiger partial charge in [-0.15, -0.1) is 0 Å². The minimum Gasteiger partial charge on any atom is -0.457 e. The van der Waals surface area contributed by atoms with Gasteiger partial charge in [-0.1, -0.05) is 6.07 Å². The molecule has 1 aliphatic rings. The van der Waals surface area contributed by atoms with Crippen molar-refractivity contribution >= 4 is 31.6 Å². The standard InChI is InChI=1S/C29H36N2O7S2/c1-7-30(8-2)24-16-26-22(13-18(24)5)29(21-12-11-20(39(32,33)34)15-28(21)40(35,36)37)23-14-19(6)25(17-27(23)38-26)31(9-3)10-4/h11-17,29H,7-10H2,1-6H3,(H,32,33,34)(H,35,36,37). The van der Waals surface area contributed by atoms with E-state index in [-0.39, 0.29) is 5.56 Å². The zero-order chi connectivity index (χ0) is 29.6. The van der Waals surface area contributed by atoms with Crippen LogP contribution in [0.25, 0.3) is 0 Å². The van der Waals surface area contributed by atoms with Crippen molar-refractivity contribution in [3.05, 3.63) is 70.3 Å². The Hall–Kier alpha value is -3.12. The largest absolute Gasteiger partial charge is 0.457 e. The number of nitrogens with zero attached hydrogens (tertiary/aromatic N) is 2. The van der Waals surface area contributed by atoms with Crippen LogP contribution in [0.1, 0.15) is 61.4 Å². The monoisotopic (exact) mass is 588 g/mol. The molecule has 4 rings (SSSR count). The van der Waals surface area contributed by atoms with Gasteiger partial charge in [-0.3, -0.25) is 9.11 Å². The Morgan fingerprint density at radius 2 is 1.12 bits per heavy atom. The topological polar surface area (TPSA) is 124 Å². The van der Waals surface area contributed by atoms with E-state index in [9.17, 15) is 25.9 Å². The van der Waals surface area contributed by atoms with Crippen molar-refractivity contribution in [3.63, 3.8) is 0 Å². The zero-order valence-electron chi connectivity index (χ0n) is 23.6. The van der Waals surface area contributed by atoms with Crippen LogP contribution in [0, 0.1) is 13.8 Å². The summed E-state index contributed by atoms with van der Waals surface area (Å²) in [7, 11) is -9.60. The van der Waals surface area contributed by atoms with Gasteiger partial charge in [0.15, 0.2) is 0 Å². The molecule has 2 N–H and O–H groups in total. The first-order valence-electron chi connectivity index (χ1n) is 13.3. The van der Waals surface area contributed by atoms with Crippen molar-refractivity contribution in [2.45, 2.75) is 57.3 Å². The number of hydrogen-bond donors (Lipinski definition) is 2. The van der Waals surface area contributed by atoms with Crippen LogP contribution >= 0.6 is 0 Å². The first-order valence-corrected chi connectivity index (χ1v) is 16.2.